The highest BCUT2D eigenvalue weighted by Gasteiger charge is 2.38. The highest BCUT2D eigenvalue weighted by atomic mass is 32.2. The highest BCUT2D eigenvalue weighted by Crippen LogP contribution is 2.37. The summed E-state index contributed by atoms with van der Waals surface area (Å²) < 4.78 is 37.5. The van der Waals surface area contributed by atoms with Crippen molar-refractivity contribution in [2.24, 2.45) is 0 Å². The second-order valence-corrected chi connectivity index (χ2v) is 7.14. The zero-order valence-corrected chi connectivity index (χ0v) is 14.1. The third-order valence-electron chi connectivity index (χ3n) is 3.75. The molecule has 2 aromatic carbocycles. The van der Waals surface area contributed by atoms with Crippen LogP contribution in [-0.4, -0.2) is 34.1 Å². The molecule has 2 aromatic rings. The van der Waals surface area contributed by atoms with Gasteiger partial charge in [-0.3, -0.25) is 4.31 Å². The summed E-state index contributed by atoms with van der Waals surface area (Å²) in [6, 6.07) is 14.2. The maximum atomic E-state index is 13.1. The lowest BCUT2D eigenvalue weighted by Gasteiger charge is -2.34. The summed E-state index contributed by atoms with van der Waals surface area (Å²) in [5.41, 5.74) is 0.553. The summed E-state index contributed by atoms with van der Waals surface area (Å²) in [5.74, 6) is -0.398. The minimum atomic E-state index is -3.99. The first-order valence-corrected chi connectivity index (χ1v) is 8.78. The van der Waals surface area contributed by atoms with Gasteiger partial charge in [-0.1, -0.05) is 18.2 Å². The fraction of sp³-hybridized carbons (Fsp3) is 0.176. The molecule has 3 rings (SSSR count). The zero-order chi connectivity index (χ0) is 18.0. The molecule has 0 radical (unpaired) electrons. The molecule has 1 heterocycles. The number of esters is 1. The van der Waals surface area contributed by atoms with Gasteiger partial charge < -0.3 is 9.47 Å². The molecule has 25 heavy (non-hydrogen) atoms. The van der Waals surface area contributed by atoms with Crippen molar-refractivity contribution < 1.29 is 22.7 Å². The summed E-state index contributed by atoms with van der Waals surface area (Å²) in [5, 5.41) is 9.00. The molecule has 0 spiro atoms. The van der Waals surface area contributed by atoms with Crippen LogP contribution in [0.1, 0.15) is 5.56 Å². The number of benzene rings is 2. The van der Waals surface area contributed by atoms with Crippen LogP contribution < -0.4 is 9.04 Å². The monoisotopic (exact) mass is 358 g/mol. The maximum Gasteiger partial charge on any atom is 0.348 e. The molecular weight excluding hydrogens is 344 g/mol. The van der Waals surface area contributed by atoms with Crippen LogP contribution in [0.4, 0.5) is 5.69 Å². The van der Waals surface area contributed by atoms with Crippen LogP contribution >= 0.6 is 0 Å². The molecule has 0 aromatic heterocycles. The molecule has 7 nitrogen and oxygen atoms in total. The van der Waals surface area contributed by atoms with E-state index >= 15 is 0 Å². The normalized spacial score (nSPS) is 16.3. The quantitative estimate of drug-likeness (QED) is 0.775. The van der Waals surface area contributed by atoms with Gasteiger partial charge in [0.05, 0.1) is 35.9 Å². The van der Waals surface area contributed by atoms with Gasteiger partial charge in [-0.2, -0.15) is 5.26 Å². The number of ether oxygens (including phenoxy) is 2. The Kier molecular flexibility index (Phi) is 4.33. The van der Waals surface area contributed by atoms with Gasteiger partial charge in [-0.15, -0.1) is 0 Å². The van der Waals surface area contributed by atoms with Crippen molar-refractivity contribution >= 4 is 21.7 Å². The predicted octanol–water partition coefficient (Wildman–Crippen LogP) is 1.69. The number of nitriles is 1. The first-order chi connectivity index (χ1) is 12.0. The molecule has 1 atom stereocenters. The molecule has 0 bridgehead atoms. The van der Waals surface area contributed by atoms with E-state index in [4.69, 9.17) is 10.00 Å². The number of hydrogen-bond donors (Lipinski definition) is 0. The van der Waals surface area contributed by atoms with E-state index in [-0.39, 0.29) is 22.8 Å². The van der Waals surface area contributed by atoms with Crippen LogP contribution in [0, 0.1) is 11.3 Å². The van der Waals surface area contributed by atoms with Gasteiger partial charge in [0.15, 0.2) is 0 Å². The number of para-hydroxylation sites is 2. The topological polar surface area (TPSA) is 96.7 Å². The van der Waals surface area contributed by atoms with Crippen LogP contribution in [0.25, 0.3) is 0 Å². The van der Waals surface area contributed by atoms with Gasteiger partial charge in [-0.25, -0.2) is 13.2 Å². The summed E-state index contributed by atoms with van der Waals surface area (Å²) >= 11 is 0. The second-order valence-electron chi connectivity index (χ2n) is 5.27. The Morgan fingerprint density at radius 3 is 2.76 bits per heavy atom. The summed E-state index contributed by atoms with van der Waals surface area (Å²) in [6.45, 7) is -0.219. The van der Waals surface area contributed by atoms with Crippen molar-refractivity contribution in [3.05, 3.63) is 54.1 Å². The lowest BCUT2D eigenvalue weighted by atomic mass is 10.2. The molecule has 1 aliphatic rings. The van der Waals surface area contributed by atoms with E-state index < -0.39 is 22.1 Å². The number of rotatable bonds is 3. The Bertz CT molecular complexity index is 965. The van der Waals surface area contributed by atoms with E-state index in [9.17, 15) is 13.2 Å². The number of sulfonamides is 1. The minimum absolute atomic E-state index is 0.0353. The molecule has 0 unspecified atom stereocenters. The number of carbonyl (C=O) groups is 1. The fourth-order valence-corrected chi connectivity index (χ4v) is 4.06. The first-order valence-electron chi connectivity index (χ1n) is 7.34. The third-order valence-corrected chi connectivity index (χ3v) is 5.53. The van der Waals surface area contributed by atoms with Crippen LogP contribution in [0.15, 0.2) is 53.4 Å². The van der Waals surface area contributed by atoms with E-state index in [1.54, 1.807) is 24.3 Å². The molecule has 0 saturated carbocycles. The van der Waals surface area contributed by atoms with Crippen molar-refractivity contribution in [1.82, 2.24) is 0 Å². The average Bonchev–Trinajstić information content (AvgIpc) is 2.66. The molecule has 128 valence electrons. The molecule has 0 N–H and O–H groups in total. The van der Waals surface area contributed by atoms with Crippen molar-refractivity contribution in [2.45, 2.75) is 11.0 Å². The second kappa shape index (κ2) is 6.45. The Labute approximate surface area is 145 Å². The molecule has 0 aliphatic carbocycles. The Morgan fingerprint density at radius 1 is 1.28 bits per heavy atom. The molecule has 1 aliphatic heterocycles. The number of hydrogen-bond acceptors (Lipinski definition) is 6. The number of anilines is 1. The highest BCUT2D eigenvalue weighted by molar-refractivity contribution is 7.92. The van der Waals surface area contributed by atoms with Gasteiger partial charge in [0.1, 0.15) is 5.75 Å². The van der Waals surface area contributed by atoms with Gasteiger partial charge >= 0.3 is 5.97 Å². The Hall–Kier alpha value is -3.05. The van der Waals surface area contributed by atoms with Crippen LogP contribution in [0.5, 0.6) is 5.75 Å². The molecule has 0 fully saturated rings. The SMILES string of the molecule is COC(=O)[C@H]1CN(S(=O)(=O)c2cccc(C#N)c2)c2ccccc2O1. The van der Waals surface area contributed by atoms with Crippen molar-refractivity contribution in [2.75, 3.05) is 18.0 Å². The zero-order valence-electron chi connectivity index (χ0n) is 13.2. The first kappa shape index (κ1) is 16.8. The van der Waals surface area contributed by atoms with E-state index in [0.717, 1.165) is 4.31 Å². The number of nitrogens with zero attached hydrogens (tertiary/aromatic N) is 2. The minimum Gasteiger partial charge on any atom is -0.475 e. The number of methoxy groups -OCH3 is 1. The van der Waals surface area contributed by atoms with Crippen LogP contribution in [0.2, 0.25) is 0 Å². The number of carbonyl (C=O) groups excluding carboxylic acids is 1. The fourth-order valence-electron chi connectivity index (χ4n) is 2.54. The third kappa shape index (κ3) is 3.02. The van der Waals surface area contributed by atoms with Gasteiger partial charge in [-0.05, 0) is 30.3 Å². The lowest BCUT2D eigenvalue weighted by Crippen LogP contribution is -2.47. The van der Waals surface area contributed by atoms with Gasteiger partial charge in [0.25, 0.3) is 10.0 Å². The van der Waals surface area contributed by atoms with Gasteiger partial charge in [0, 0.05) is 0 Å². The summed E-state index contributed by atoms with van der Waals surface area (Å²) in [7, 11) is -2.78. The van der Waals surface area contributed by atoms with E-state index in [1.165, 1.54) is 31.4 Å². The lowest BCUT2D eigenvalue weighted by molar-refractivity contribution is -0.148. The summed E-state index contributed by atoms with van der Waals surface area (Å²) in [4.78, 5) is 11.8. The maximum absolute atomic E-state index is 13.1. The van der Waals surface area contributed by atoms with E-state index in [2.05, 4.69) is 4.74 Å². The van der Waals surface area contributed by atoms with Gasteiger partial charge in [0.2, 0.25) is 6.10 Å². The van der Waals surface area contributed by atoms with E-state index in [0.29, 0.717) is 5.69 Å². The largest absolute Gasteiger partial charge is 0.475 e. The Morgan fingerprint density at radius 2 is 2.04 bits per heavy atom. The smallest absolute Gasteiger partial charge is 0.348 e. The predicted molar refractivity (Wildman–Crippen MR) is 88.6 cm³/mol. The van der Waals surface area contributed by atoms with Crippen molar-refractivity contribution in [1.29, 1.82) is 5.26 Å². The Balaban J connectivity index is 2.10. The molecule has 8 heteroatoms. The van der Waals surface area contributed by atoms with Crippen LogP contribution in [0.3, 0.4) is 0 Å². The van der Waals surface area contributed by atoms with Crippen molar-refractivity contribution in [3.8, 4) is 11.8 Å². The molecular formula is C17H14N2O5S. The van der Waals surface area contributed by atoms with Crippen LogP contribution in [-0.2, 0) is 19.6 Å². The standard InChI is InChI=1S/C17H14N2O5S/c1-23-17(20)16-11-19(14-7-2-3-8-15(14)24-16)25(21,22)13-6-4-5-12(9-13)10-18/h2-9,16H,11H2,1H3/t16-/m1/s1. The average molecular weight is 358 g/mol. The molecule has 0 amide bonds. The summed E-state index contributed by atoms with van der Waals surface area (Å²) in [6.07, 6.45) is -1.08. The van der Waals surface area contributed by atoms with Crippen molar-refractivity contribution in [3.63, 3.8) is 0 Å². The number of fused-ring (bicyclic) bond motifs is 1. The van der Waals surface area contributed by atoms with E-state index in [1.807, 2.05) is 6.07 Å². The molecule has 0 saturated heterocycles.